The van der Waals surface area contributed by atoms with Crippen LogP contribution < -0.4 is 19.1 Å². The summed E-state index contributed by atoms with van der Waals surface area (Å²) in [5.74, 6) is 0.499. The number of fused-ring (bicyclic) bond motifs is 1. The number of benzene rings is 5. The van der Waals surface area contributed by atoms with Crippen molar-refractivity contribution in [2.45, 2.75) is 16.1 Å². The van der Waals surface area contributed by atoms with Gasteiger partial charge in [-0.1, -0.05) is 95.9 Å². The average molecular weight is 688 g/mol. The lowest BCUT2D eigenvalue weighted by atomic mass is 9.95. The number of para-hydroxylation sites is 1. The van der Waals surface area contributed by atoms with Gasteiger partial charge in [0.25, 0.3) is 5.78 Å². The minimum absolute atomic E-state index is 0.103. The van der Waals surface area contributed by atoms with Crippen molar-refractivity contribution in [1.29, 1.82) is 0 Å². The molecule has 0 unspecified atom stereocenters. The molecule has 1 N–H and O–H groups in total. The summed E-state index contributed by atoms with van der Waals surface area (Å²) in [6, 6.07) is 34.5. The number of ketones is 1. The Bertz CT molecular complexity index is 2210. The minimum Gasteiger partial charge on any atom is -0.507 e. The summed E-state index contributed by atoms with van der Waals surface area (Å²) in [7, 11) is 2.98. The SMILES string of the molecule is COc1ccc(C(O)=C2C(=O)C(=O)N(c3nnc(SCc4cccc5ccccc45)s3)[C@H]2c2cccc(Oc3ccccc3)c2)cc1OC. The van der Waals surface area contributed by atoms with Gasteiger partial charge in [0.2, 0.25) is 5.13 Å². The topological polar surface area (TPSA) is 111 Å². The zero-order valence-electron chi connectivity index (χ0n) is 26.4. The summed E-state index contributed by atoms with van der Waals surface area (Å²) in [5, 5.41) is 23.0. The molecule has 0 radical (unpaired) electrons. The van der Waals surface area contributed by atoms with Crippen molar-refractivity contribution in [1.82, 2.24) is 10.2 Å². The molecule has 1 aromatic heterocycles. The van der Waals surface area contributed by atoms with Gasteiger partial charge in [-0.3, -0.25) is 14.5 Å². The van der Waals surface area contributed by atoms with E-state index < -0.39 is 17.7 Å². The molecule has 1 fully saturated rings. The second-order valence-corrected chi connectivity index (χ2v) is 13.2. The third kappa shape index (κ3) is 6.33. The molecule has 1 amide bonds. The van der Waals surface area contributed by atoms with Crippen molar-refractivity contribution in [2.24, 2.45) is 0 Å². The smallest absolute Gasteiger partial charge is 0.301 e. The molecule has 6 aromatic rings. The van der Waals surface area contributed by atoms with Gasteiger partial charge in [0.1, 0.15) is 17.3 Å². The molecule has 1 aliphatic heterocycles. The maximum Gasteiger partial charge on any atom is 0.301 e. The number of thioether (sulfide) groups is 1. The number of hydrogen-bond donors (Lipinski definition) is 1. The van der Waals surface area contributed by atoms with Gasteiger partial charge in [0.05, 0.1) is 25.8 Å². The molecule has 0 aliphatic carbocycles. The molecule has 1 saturated heterocycles. The molecular formula is C38H29N3O6S2. The zero-order valence-corrected chi connectivity index (χ0v) is 28.0. The summed E-state index contributed by atoms with van der Waals surface area (Å²) >= 11 is 2.71. The Kier molecular flexibility index (Phi) is 9.01. The van der Waals surface area contributed by atoms with E-state index in [4.69, 9.17) is 14.2 Å². The molecule has 11 heteroatoms. The van der Waals surface area contributed by atoms with E-state index in [1.54, 1.807) is 42.5 Å². The van der Waals surface area contributed by atoms with Crippen LogP contribution in [0.15, 0.2) is 125 Å². The van der Waals surface area contributed by atoms with Crippen LogP contribution >= 0.6 is 23.1 Å². The first kappa shape index (κ1) is 31.9. The van der Waals surface area contributed by atoms with Crippen molar-refractivity contribution >= 4 is 56.5 Å². The summed E-state index contributed by atoms with van der Waals surface area (Å²) in [6.45, 7) is 0. The van der Waals surface area contributed by atoms with Crippen molar-refractivity contribution in [3.63, 3.8) is 0 Å². The molecule has 1 aliphatic rings. The summed E-state index contributed by atoms with van der Waals surface area (Å²) in [4.78, 5) is 29.0. The number of carbonyl (C=O) groups is 2. The van der Waals surface area contributed by atoms with Crippen LogP contribution in [-0.2, 0) is 15.3 Å². The van der Waals surface area contributed by atoms with Gasteiger partial charge in [0, 0.05) is 11.3 Å². The van der Waals surface area contributed by atoms with E-state index in [2.05, 4.69) is 34.5 Å². The van der Waals surface area contributed by atoms with Gasteiger partial charge in [-0.15, -0.1) is 10.2 Å². The highest BCUT2D eigenvalue weighted by molar-refractivity contribution is 8.00. The van der Waals surface area contributed by atoms with Gasteiger partial charge < -0.3 is 19.3 Å². The molecule has 9 nitrogen and oxygen atoms in total. The van der Waals surface area contributed by atoms with Gasteiger partial charge in [-0.2, -0.15) is 0 Å². The first-order valence-electron chi connectivity index (χ1n) is 15.2. The summed E-state index contributed by atoms with van der Waals surface area (Å²) in [5.41, 5.74) is 1.86. The minimum atomic E-state index is -1.03. The Morgan fingerprint density at radius 2 is 1.55 bits per heavy atom. The van der Waals surface area contributed by atoms with E-state index in [0.29, 0.717) is 38.7 Å². The Morgan fingerprint density at radius 1 is 0.816 bits per heavy atom. The van der Waals surface area contributed by atoms with Crippen molar-refractivity contribution in [3.8, 4) is 23.0 Å². The maximum absolute atomic E-state index is 13.9. The lowest BCUT2D eigenvalue weighted by Gasteiger charge is -2.23. The predicted molar refractivity (Wildman–Crippen MR) is 191 cm³/mol. The van der Waals surface area contributed by atoms with Gasteiger partial charge >= 0.3 is 5.91 Å². The summed E-state index contributed by atoms with van der Waals surface area (Å²) < 4.78 is 17.5. The van der Waals surface area contributed by atoms with Crippen LogP contribution in [0.4, 0.5) is 5.13 Å². The van der Waals surface area contributed by atoms with E-state index in [1.165, 1.54) is 42.2 Å². The molecule has 0 bridgehead atoms. The molecule has 5 aromatic carbocycles. The Labute approximate surface area is 290 Å². The van der Waals surface area contributed by atoms with E-state index in [1.807, 2.05) is 48.5 Å². The maximum atomic E-state index is 13.9. The number of rotatable bonds is 10. The fourth-order valence-electron chi connectivity index (χ4n) is 5.77. The number of hydrogen-bond acceptors (Lipinski definition) is 10. The molecule has 7 rings (SSSR count). The van der Waals surface area contributed by atoms with Crippen LogP contribution in [0.5, 0.6) is 23.0 Å². The second-order valence-electron chi connectivity index (χ2n) is 11.0. The molecule has 49 heavy (non-hydrogen) atoms. The van der Waals surface area contributed by atoms with Crippen LogP contribution in [0, 0.1) is 0 Å². The standard InChI is InChI=1S/C38H29N3O6S2/c1-45-30-19-18-25(21-31(30)46-2)34(42)32-33(24-12-9-16-28(20-24)47-27-14-4-3-5-15-27)41(36(44)35(32)43)37-39-40-38(49-37)48-22-26-13-8-11-23-10-6-7-17-29(23)26/h3-21,33,42H,22H2,1-2H3/t33-/m0/s1. The third-order valence-corrected chi connectivity index (χ3v) is 10.2. The lowest BCUT2D eigenvalue weighted by molar-refractivity contribution is -0.132. The Balaban J connectivity index is 1.28. The highest BCUT2D eigenvalue weighted by Crippen LogP contribution is 2.45. The molecule has 1 atom stereocenters. The highest BCUT2D eigenvalue weighted by atomic mass is 32.2. The lowest BCUT2D eigenvalue weighted by Crippen LogP contribution is -2.29. The number of aromatic nitrogens is 2. The third-order valence-electron chi connectivity index (χ3n) is 8.09. The quantitative estimate of drug-likeness (QED) is 0.0499. The van der Waals surface area contributed by atoms with Gasteiger partial charge in [0.15, 0.2) is 15.8 Å². The zero-order chi connectivity index (χ0) is 33.9. The van der Waals surface area contributed by atoms with E-state index in [-0.39, 0.29) is 22.0 Å². The van der Waals surface area contributed by atoms with Crippen LogP contribution in [0.1, 0.15) is 22.7 Å². The molecule has 2 heterocycles. The van der Waals surface area contributed by atoms with Crippen molar-refractivity contribution in [2.75, 3.05) is 19.1 Å². The normalized spacial score (nSPS) is 15.5. The van der Waals surface area contributed by atoms with E-state index in [0.717, 1.165) is 16.3 Å². The second kappa shape index (κ2) is 13.8. The molecule has 0 spiro atoms. The number of ether oxygens (including phenoxy) is 3. The number of amides is 1. The number of methoxy groups -OCH3 is 2. The number of nitrogens with zero attached hydrogens (tertiary/aromatic N) is 3. The molecule has 0 saturated carbocycles. The Morgan fingerprint density at radius 3 is 2.37 bits per heavy atom. The van der Waals surface area contributed by atoms with Gasteiger partial charge in [-0.05, 0) is 64.4 Å². The number of aliphatic hydroxyl groups is 1. The fourth-order valence-corrected chi connectivity index (χ4v) is 7.64. The van der Waals surface area contributed by atoms with Crippen molar-refractivity contribution < 1.29 is 28.9 Å². The average Bonchev–Trinajstić information content (AvgIpc) is 3.71. The molecular weight excluding hydrogens is 659 g/mol. The van der Waals surface area contributed by atoms with Crippen molar-refractivity contribution in [3.05, 3.63) is 138 Å². The van der Waals surface area contributed by atoms with Crippen LogP contribution in [0.3, 0.4) is 0 Å². The first-order valence-corrected chi connectivity index (χ1v) is 17.0. The number of carbonyl (C=O) groups excluding carboxylic acids is 2. The van der Waals surface area contributed by atoms with Crippen LogP contribution in [-0.4, -0.2) is 41.2 Å². The summed E-state index contributed by atoms with van der Waals surface area (Å²) in [6.07, 6.45) is 0. The predicted octanol–water partition coefficient (Wildman–Crippen LogP) is 8.42. The Hall–Kier alpha value is -5.65. The number of anilines is 1. The van der Waals surface area contributed by atoms with Gasteiger partial charge in [-0.25, -0.2) is 0 Å². The largest absolute Gasteiger partial charge is 0.507 e. The monoisotopic (exact) mass is 687 g/mol. The van der Waals surface area contributed by atoms with Crippen LogP contribution in [0.2, 0.25) is 0 Å². The highest BCUT2D eigenvalue weighted by Gasteiger charge is 2.48. The van der Waals surface area contributed by atoms with Crippen LogP contribution in [0.25, 0.3) is 16.5 Å². The number of aliphatic hydroxyl groups excluding tert-OH is 1. The molecule has 244 valence electrons. The number of Topliss-reactive ketones (excluding diaryl/α,β-unsaturated/α-hetero) is 1. The fraction of sp³-hybridized carbons (Fsp3) is 0.105. The van der Waals surface area contributed by atoms with E-state index >= 15 is 0 Å². The van der Waals surface area contributed by atoms with E-state index in [9.17, 15) is 14.7 Å². The first-order chi connectivity index (χ1) is 23.9.